The third kappa shape index (κ3) is 2.30. The standard InChI is InChI=1S/C8H12N2OS/c1-3-6-5-9-8(12-6)10-7(11)4-2/h5H,3-4H2,1-2H3,(H,9,10,11). The molecule has 0 saturated heterocycles. The Balaban J connectivity index is 2.58. The molecule has 1 amide bonds. The number of amides is 1. The molecule has 1 N–H and O–H groups in total. The first-order valence-corrected chi connectivity index (χ1v) is 4.82. The van der Waals surface area contributed by atoms with Crippen LogP contribution in [0.15, 0.2) is 6.20 Å². The molecule has 4 heteroatoms. The fourth-order valence-corrected chi connectivity index (χ4v) is 1.50. The molecule has 0 aliphatic heterocycles. The van der Waals surface area contributed by atoms with Crippen LogP contribution in [0, 0.1) is 0 Å². The van der Waals surface area contributed by atoms with Crippen molar-refractivity contribution in [1.82, 2.24) is 4.98 Å². The number of carbonyl (C=O) groups excluding carboxylic acids is 1. The molecule has 0 aliphatic rings. The molecule has 0 unspecified atom stereocenters. The van der Waals surface area contributed by atoms with Gasteiger partial charge in [-0.2, -0.15) is 0 Å². The third-order valence-electron chi connectivity index (χ3n) is 1.47. The summed E-state index contributed by atoms with van der Waals surface area (Å²) in [4.78, 5) is 16.2. The van der Waals surface area contributed by atoms with Gasteiger partial charge in [-0.25, -0.2) is 4.98 Å². The zero-order chi connectivity index (χ0) is 8.97. The van der Waals surface area contributed by atoms with E-state index in [1.165, 1.54) is 16.2 Å². The van der Waals surface area contributed by atoms with Crippen LogP contribution in [0.5, 0.6) is 0 Å². The highest BCUT2D eigenvalue weighted by molar-refractivity contribution is 7.15. The van der Waals surface area contributed by atoms with Gasteiger partial charge in [0.1, 0.15) is 0 Å². The quantitative estimate of drug-likeness (QED) is 0.781. The molecule has 1 rings (SSSR count). The molecule has 12 heavy (non-hydrogen) atoms. The summed E-state index contributed by atoms with van der Waals surface area (Å²) >= 11 is 1.53. The number of hydrogen-bond donors (Lipinski definition) is 1. The Labute approximate surface area is 75.8 Å². The molecule has 0 bridgehead atoms. The Bertz CT molecular complexity index is 270. The van der Waals surface area contributed by atoms with Crippen molar-refractivity contribution in [3.05, 3.63) is 11.1 Å². The van der Waals surface area contributed by atoms with E-state index in [0.717, 1.165) is 6.42 Å². The SMILES string of the molecule is CCC(=O)Nc1ncc(CC)s1. The molecule has 0 spiro atoms. The van der Waals surface area contributed by atoms with Gasteiger partial charge in [-0.3, -0.25) is 4.79 Å². The average Bonchev–Trinajstić information content (AvgIpc) is 2.52. The van der Waals surface area contributed by atoms with E-state index in [4.69, 9.17) is 0 Å². The molecular weight excluding hydrogens is 172 g/mol. The van der Waals surface area contributed by atoms with Crippen LogP contribution in [0.1, 0.15) is 25.1 Å². The Hall–Kier alpha value is -0.900. The van der Waals surface area contributed by atoms with Crippen molar-refractivity contribution in [2.45, 2.75) is 26.7 Å². The second-order valence-corrected chi connectivity index (χ2v) is 3.50. The van der Waals surface area contributed by atoms with Gasteiger partial charge in [0.15, 0.2) is 5.13 Å². The molecule has 0 aromatic carbocycles. The number of aryl methyl sites for hydroxylation is 1. The van der Waals surface area contributed by atoms with E-state index in [2.05, 4.69) is 17.2 Å². The van der Waals surface area contributed by atoms with Crippen LogP contribution in [-0.2, 0) is 11.2 Å². The van der Waals surface area contributed by atoms with Crippen molar-refractivity contribution in [2.24, 2.45) is 0 Å². The fourth-order valence-electron chi connectivity index (χ4n) is 0.736. The van der Waals surface area contributed by atoms with Crippen molar-refractivity contribution in [3.8, 4) is 0 Å². The minimum absolute atomic E-state index is 0.0204. The number of anilines is 1. The molecule has 1 heterocycles. The number of rotatable bonds is 3. The monoisotopic (exact) mass is 184 g/mol. The molecule has 66 valence electrons. The minimum atomic E-state index is 0.0204. The van der Waals surface area contributed by atoms with Crippen LogP contribution in [0.4, 0.5) is 5.13 Å². The first-order valence-electron chi connectivity index (χ1n) is 4.00. The van der Waals surface area contributed by atoms with Crippen molar-refractivity contribution < 1.29 is 4.79 Å². The van der Waals surface area contributed by atoms with Crippen LogP contribution in [0.3, 0.4) is 0 Å². The summed E-state index contributed by atoms with van der Waals surface area (Å²) in [5, 5.41) is 3.42. The van der Waals surface area contributed by atoms with Crippen LogP contribution in [0.2, 0.25) is 0 Å². The maximum atomic E-state index is 10.9. The lowest BCUT2D eigenvalue weighted by Crippen LogP contribution is -2.08. The van der Waals surface area contributed by atoms with E-state index in [0.29, 0.717) is 11.6 Å². The summed E-state index contributed by atoms with van der Waals surface area (Å²) in [5.41, 5.74) is 0. The number of carbonyl (C=O) groups is 1. The zero-order valence-electron chi connectivity index (χ0n) is 7.26. The first kappa shape index (κ1) is 9.19. The van der Waals surface area contributed by atoms with Gasteiger partial charge in [0.25, 0.3) is 0 Å². The van der Waals surface area contributed by atoms with Gasteiger partial charge in [0.2, 0.25) is 5.91 Å². The van der Waals surface area contributed by atoms with Gasteiger partial charge >= 0.3 is 0 Å². The Morgan fingerprint density at radius 2 is 2.42 bits per heavy atom. The summed E-state index contributed by atoms with van der Waals surface area (Å²) in [5.74, 6) is 0.0204. The number of nitrogens with zero attached hydrogens (tertiary/aromatic N) is 1. The van der Waals surface area contributed by atoms with E-state index >= 15 is 0 Å². The van der Waals surface area contributed by atoms with Gasteiger partial charge in [0.05, 0.1) is 0 Å². The van der Waals surface area contributed by atoms with Gasteiger partial charge in [-0.1, -0.05) is 13.8 Å². The molecule has 0 radical (unpaired) electrons. The van der Waals surface area contributed by atoms with E-state index in [-0.39, 0.29) is 5.91 Å². The molecule has 1 aromatic rings. The summed E-state index contributed by atoms with van der Waals surface area (Å²) in [6, 6.07) is 0. The van der Waals surface area contributed by atoms with Crippen LogP contribution in [0.25, 0.3) is 0 Å². The first-order chi connectivity index (χ1) is 5.76. The molecule has 1 aromatic heterocycles. The minimum Gasteiger partial charge on any atom is -0.302 e. The van der Waals surface area contributed by atoms with Crippen LogP contribution in [-0.4, -0.2) is 10.9 Å². The highest BCUT2D eigenvalue weighted by atomic mass is 32.1. The lowest BCUT2D eigenvalue weighted by molar-refractivity contribution is -0.115. The second kappa shape index (κ2) is 4.21. The number of hydrogen-bond acceptors (Lipinski definition) is 3. The summed E-state index contributed by atoms with van der Waals surface area (Å²) in [6.07, 6.45) is 3.27. The van der Waals surface area contributed by atoms with E-state index in [1.54, 1.807) is 6.20 Å². The van der Waals surface area contributed by atoms with Crippen molar-refractivity contribution in [2.75, 3.05) is 5.32 Å². The maximum absolute atomic E-state index is 10.9. The van der Waals surface area contributed by atoms with Crippen LogP contribution >= 0.6 is 11.3 Å². The highest BCUT2D eigenvalue weighted by Gasteiger charge is 2.02. The second-order valence-electron chi connectivity index (χ2n) is 2.39. The Morgan fingerprint density at radius 3 is 2.92 bits per heavy atom. The van der Waals surface area contributed by atoms with E-state index < -0.39 is 0 Å². The Morgan fingerprint density at radius 1 is 1.67 bits per heavy atom. The average molecular weight is 184 g/mol. The molecule has 0 saturated carbocycles. The van der Waals surface area contributed by atoms with Gasteiger partial charge in [0, 0.05) is 17.5 Å². The number of aromatic nitrogens is 1. The van der Waals surface area contributed by atoms with Crippen LogP contribution < -0.4 is 5.32 Å². The molecule has 0 fully saturated rings. The number of nitrogens with one attached hydrogen (secondary N) is 1. The van der Waals surface area contributed by atoms with Crippen molar-refractivity contribution >= 4 is 22.4 Å². The molecule has 3 nitrogen and oxygen atoms in total. The normalized spacial score (nSPS) is 9.83. The van der Waals surface area contributed by atoms with Gasteiger partial charge in [-0.15, -0.1) is 11.3 Å². The predicted molar refractivity (Wildman–Crippen MR) is 50.4 cm³/mol. The summed E-state index contributed by atoms with van der Waals surface area (Å²) < 4.78 is 0. The lowest BCUT2D eigenvalue weighted by atomic mass is 10.4. The maximum Gasteiger partial charge on any atom is 0.225 e. The van der Waals surface area contributed by atoms with E-state index in [1.807, 2.05) is 6.92 Å². The predicted octanol–water partition coefficient (Wildman–Crippen LogP) is 2.05. The fraction of sp³-hybridized carbons (Fsp3) is 0.500. The largest absolute Gasteiger partial charge is 0.302 e. The Kier molecular flexibility index (Phi) is 3.22. The van der Waals surface area contributed by atoms with Crippen molar-refractivity contribution in [3.63, 3.8) is 0 Å². The highest BCUT2D eigenvalue weighted by Crippen LogP contribution is 2.18. The van der Waals surface area contributed by atoms with Crippen molar-refractivity contribution in [1.29, 1.82) is 0 Å². The molecular formula is C8H12N2OS. The topological polar surface area (TPSA) is 42.0 Å². The van der Waals surface area contributed by atoms with E-state index in [9.17, 15) is 4.79 Å². The smallest absolute Gasteiger partial charge is 0.225 e. The van der Waals surface area contributed by atoms with Gasteiger partial charge < -0.3 is 5.32 Å². The summed E-state index contributed by atoms with van der Waals surface area (Å²) in [7, 11) is 0. The zero-order valence-corrected chi connectivity index (χ0v) is 8.07. The molecule has 0 aliphatic carbocycles. The number of thiazole rings is 1. The van der Waals surface area contributed by atoms with Gasteiger partial charge in [-0.05, 0) is 6.42 Å². The lowest BCUT2D eigenvalue weighted by Gasteiger charge is -1.95. The summed E-state index contributed by atoms with van der Waals surface area (Å²) in [6.45, 7) is 3.89. The molecule has 0 atom stereocenters. The third-order valence-corrected chi connectivity index (χ3v) is 2.53.